The Hall–Kier alpha value is -0.00753. The second-order valence-electron chi connectivity index (χ2n) is 0.521. The molecule has 0 spiro atoms. The van der Waals surface area contributed by atoms with Gasteiger partial charge in [0.1, 0.15) is 0 Å². The van der Waals surface area contributed by atoms with Crippen LogP contribution in [0.4, 0.5) is 17.6 Å². The van der Waals surface area contributed by atoms with Gasteiger partial charge in [0.2, 0.25) is 0 Å². The molecule has 0 aliphatic rings. The van der Waals surface area contributed by atoms with Gasteiger partial charge in [0.05, 0.1) is 0 Å². The minimum absolute atomic E-state index is 0. The largest absolute Gasteiger partial charge is 0.334 e. The van der Waals surface area contributed by atoms with Crippen molar-refractivity contribution in [1.29, 1.82) is 0 Å². The molecule has 7 heavy (non-hydrogen) atoms. The Morgan fingerprint density at radius 2 is 0.857 bits per heavy atom. The average Bonchev–Trinajstić information content (AvgIpc) is 1.36. The van der Waals surface area contributed by atoms with E-state index in [0.717, 1.165) is 0 Å². The van der Waals surface area contributed by atoms with Crippen LogP contribution in [0.5, 0.6) is 0 Å². The molecule has 0 aromatic carbocycles. The van der Waals surface area contributed by atoms with E-state index in [1.54, 1.807) is 0 Å². The predicted molar refractivity (Wildman–Crippen MR) is 11.5 cm³/mol. The molecule has 0 fully saturated rings. The van der Waals surface area contributed by atoms with Gasteiger partial charge in [0.25, 0.3) is 0 Å². The van der Waals surface area contributed by atoms with Gasteiger partial charge in [-0.15, -0.1) is 0 Å². The quantitative estimate of drug-likeness (QED) is 0.465. The van der Waals surface area contributed by atoms with E-state index in [4.69, 9.17) is 0 Å². The van der Waals surface area contributed by atoms with Crippen molar-refractivity contribution < 1.29 is 34.9 Å². The number of rotatable bonds is 0. The number of halogens is 4. The summed E-state index contributed by atoms with van der Waals surface area (Å²) in [6.45, 7) is 0. The Kier molecular flexibility index (Phi) is 5.99. The second kappa shape index (κ2) is 4.16. The molecular weight excluding hydrogens is 152 g/mol. The summed E-state index contributed by atoms with van der Waals surface area (Å²) >= 11 is 0. The van der Waals surface area contributed by atoms with E-state index in [-0.39, 0.29) is 17.4 Å². The first kappa shape index (κ1) is 10.1. The van der Waals surface area contributed by atoms with Crippen molar-refractivity contribution in [3.63, 3.8) is 0 Å². The van der Waals surface area contributed by atoms with Crippen molar-refractivity contribution in [2.45, 2.75) is 0 Å². The Bertz CT molecular complexity index is 59.8. The molecule has 0 bridgehead atoms. The van der Waals surface area contributed by atoms with E-state index in [9.17, 15) is 17.6 Å². The molecule has 0 saturated carbocycles. The summed E-state index contributed by atoms with van der Waals surface area (Å²) in [5, 5.41) is 0. The van der Waals surface area contributed by atoms with Crippen LogP contribution in [0.3, 0.4) is 0 Å². The first-order valence-electron chi connectivity index (χ1n) is 1.01. The van der Waals surface area contributed by atoms with Gasteiger partial charge in [0.15, 0.2) is 0 Å². The van der Waals surface area contributed by atoms with Gasteiger partial charge in [-0.3, -0.25) is 0 Å². The zero-order valence-corrected chi connectivity index (χ0v) is 4.20. The van der Waals surface area contributed by atoms with Crippen molar-refractivity contribution in [3.05, 3.63) is 12.2 Å². The normalized spacial score (nSPS) is 6.86. The summed E-state index contributed by atoms with van der Waals surface area (Å²) in [4.78, 5) is 0. The van der Waals surface area contributed by atoms with Gasteiger partial charge < -0.3 is 0 Å². The Morgan fingerprint density at radius 3 is 0.857 bits per heavy atom. The molecule has 0 unspecified atom stereocenters. The Labute approximate surface area is 48.0 Å². The van der Waals surface area contributed by atoms with Gasteiger partial charge in [-0.25, -0.2) is 0 Å². The van der Waals surface area contributed by atoms with Crippen molar-refractivity contribution in [3.8, 4) is 0 Å². The van der Waals surface area contributed by atoms with Crippen LogP contribution in [0.2, 0.25) is 0 Å². The smallest absolute Gasteiger partial charge is 0.167 e. The summed E-state index contributed by atoms with van der Waals surface area (Å²) in [6, 6.07) is 0. The van der Waals surface area contributed by atoms with Gasteiger partial charge in [0, 0.05) is 17.4 Å². The van der Waals surface area contributed by atoms with Crippen LogP contribution >= 0.6 is 0 Å². The van der Waals surface area contributed by atoms with E-state index in [0.29, 0.717) is 0 Å². The third-order valence-corrected chi connectivity index (χ3v) is 0.143. The van der Waals surface area contributed by atoms with Crippen LogP contribution < -0.4 is 0 Å². The van der Waals surface area contributed by atoms with E-state index in [2.05, 4.69) is 0 Å². The van der Waals surface area contributed by atoms with Gasteiger partial charge in [-0.2, -0.15) is 17.6 Å². The third kappa shape index (κ3) is 5.99. The molecule has 0 nitrogen and oxygen atoms in total. The second-order valence-corrected chi connectivity index (χ2v) is 0.521. The molecule has 0 aliphatic carbocycles. The van der Waals surface area contributed by atoms with E-state index in [1.165, 1.54) is 0 Å². The minimum atomic E-state index is -2.91. The summed E-state index contributed by atoms with van der Waals surface area (Å²) in [5.41, 5.74) is 0. The van der Waals surface area contributed by atoms with Crippen molar-refractivity contribution in [1.82, 2.24) is 0 Å². The zero-order chi connectivity index (χ0) is 5.15. The van der Waals surface area contributed by atoms with Crippen LogP contribution in [0, 0.1) is 0 Å². The van der Waals surface area contributed by atoms with E-state index in [1.807, 2.05) is 0 Å². The molecule has 42 valence electrons. The standard InChI is InChI=1S/C2F4.Cr/c3-1(4)2(5)6;. The predicted octanol–water partition coefficient (Wildman–Crippen LogP) is 1.99. The molecule has 0 saturated heterocycles. The SMILES string of the molecule is FC(F)=C(F)F.[Cr]. The van der Waals surface area contributed by atoms with Crippen LogP contribution in [0.15, 0.2) is 12.2 Å². The maximum Gasteiger partial charge on any atom is 0.334 e. The molecule has 0 amide bonds. The molecule has 0 aromatic rings. The fraction of sp³-hybridized carbons (Fsp3) is 0. The van der Waals surface area contributed by atoms with Gasteiger partial charge in [-0.1, -0.05) is 0 Å². The van der Waals surface area contributed by atoms with Crippen LogP contribution in [0.25, 0.3) is 0 Å². The molecule has 0 aromatic heterocycles. The molecule has 0 heterocycles. The van der Waals surface area contributed by atoms with Crippen LogP contribution in [-0.4, -0.2) is 0 Å². The first-order valence-corrected chi connectivity index (χ1v) is 1.01. The maximum absolute atomic E-state index is 10.3. The van der Waals surface area contributed by atoms with Crippen molar-refractivity contribution in [2.24, 2.45) is 0 Å². The van der Waals surface area contributed by atoms with Crippen LogP contribution in [0.1, 0.15) is 0 Å². The fourth-order valence-corrected chi connectivity index (χ4v) is 0. The monoisotopic (exact) mass is 152 g/mol. The number of hydrogen-bond donors (Lipinski definition) is 0. The molecule has 0 N–H and O–H groups in total. The third-order valence-electron chi connectivity index (χ3n) is 0.143. The van der Waals surface area contributed by atoms with Crippen molar-refractivity contribution in [2.75, 3.05) is 0 Å². The summed E-state index contributed by atoms with van der Waals surface area (Å²) < 4.78 is 41.1. The Morgan fingerprint density at radius 1 is 0.714 bits per heavy atom. The molecular formula is C2CrF4. The van der Waals surface area contributed by atoms with Gasteiger partial charge in [-0.05, 0) is 0 Å². The maximum atomic E-state index is 10.3. The van der Waals surface area contributed by atoms with Gasteiger partial charge >= 0.3 is 12.2 Å². The summed E-state index contributed by atoms with van der Waals surface area (Å²) in [5.74, 6) is 0. The fourth-order valence-electron chi connectivity index (χ4n) is 0. The van der Waals surface area contributed by atoms with E-state index >= 15 is 0 Å². The topological polar surface area (TPSA) is 0 Å². The molecule has 0 radical (unpaired) electrons. The number of hydrogen-bond acceptors (Lipinski definition) is 0. The van der Waals surface area contributed by atoms with E-state index < -0.39 is 12.2 Å². The first-order chi connectivity index (χ1) is 2.64. The van der Waals surface area contributed by atoms with Crippen LogP contribution in [-0.2, 0) is 17.4 Å². The average molecular weight is 152 g/mol. The van der Waals surface area contributed by atoms with Crippen molar-refractivity contribution >= 4 is 0 Å². The molecule has 0 rings (SSSR count). The molecule has 0 aliphatic heterocycles. The summed E-state index contributed by atoms with van der Waals surface area (Å²) in [7, 11) is 0. The molecule has 0 atom stereocenters. The minimum Gasteiger partial charge on any atom is -0.167 e. The molecule has 5 heteroatoms. The zero-order valence-electron chi connectivity index (χ0n) is 2.92. The summed E-state index contributed by atoms with van der Waals surface area (Å²) in [6.07, 6.45) is -5.81. The Balaban J connectivity index is 0.